The molecule has 0 aliphatic carbocycles. The van der Waals surface area contributed by atoms with Crippen LogP contribution in [0.3, 0.4) is 0 Å². The molecule has 1 aliphatic rings. The summed E-state index contributed by atoms with van der Waals surface area (Å²) in [5.74, 6) is -0.168. The number of piperidine rings is 1. The Morgan fingerprint density at radius 2 is 1.88 bits per heavy atom. The van der Waals surface area contributed by atoms with Gasteiger partial charge in [-0.3, -0.25) is 4.79 Å². The molecular formula is C20H20N2O3S. The van der Waals surface area contributed by atoms with Gasteiger partial charge in [-0.15, -0.1) is 0 Å². The Labute approximate surface area is 153 Å². The van der Waals surface area contributed by atoms with Crippen LogP contribution in [0.4, 0.5) is 0 Å². The van der Waals surface area contributed by atoms with Crippen LogP contribution in [0, 0.1) is 17.2 Å². The smallest absolute Gasteiger partial charge is 0.253 e. The molecule has 1 aliphatic heterocycles. The zero-order valence-corrected chi connectivity index (χ0v) is 15.4. The number of hydrogen-bond donors (Lipinski definition) is 0. The highest BCUT2D eigenvalue weighted by Gasteiger charge is 2.24. The first kappa shape index (κ1) is 18.2. The Hall–Kier alpha value is -2.65. The van der Waals surface area contributed by atoms with Crippen LogP contribution in [-0.2, 0) is 9.84 Å². The van der Waals surface area contributed by atoms with Crippen molar-refractivity contribution in [3.8, 4) is 17.2 Å². The Balaban J connectivity index is 1.84. The van der Waals surface area contributed by atoms with Gasteiger partial charge in [0.15, 0.2) is 9.84 Å². The first-order valence-corrected chi connectivity index (χ1v) is 10.4. The minimum atomic E-state index is -3.23. The number of carbonyl (C=O) groups excluding carboxylic acids is 1. The molecule has 1 fully saturated rings. The first-order chi connectivity index (χ1) is 12.4. The van der Waals surface area contributed by atoms with E-state index in [-0.39, 0.29) is 16.7 Å². The normalized spacial score (nSPS) is 17.5. The molecule has 0 unspecified atom stereocenters. The molecule has 1 amide bonds. The maximum absolute atomic E-state index is 12.8. The summed E-state index contributed by atoms with van der Waals surface area (Å²) in [6.07, 6.45) is 2.86. The third-order valence-corrected chi connectivity index (χ3v) is 5.74. The van der Waals surface area contributed by atoms with Gasteiger partial charge < -0.3 is 4.90 Å². The van der Waals surface area contributed by atoms with Gasteiger partial charge in [-0.05, 0) is 48.2 Å². The molecule has 134 valence electrons. The molecule has 0 N–H and O–H groups in total. The van der Waals surface area contributed by atoms with Crippen LogP contribution in [0.5, 0.6) is 0 Å². The summed E-state index contributed by atoms with van der Waals surface area (Å²) in [5, 5.41) is 9.10. The van der Waals surface area contributed by atoms with Crippen molar-refractivity contribution in [1.82, 2.24) is 4.90 Å². The van der Waals surface area contributed by atoms with Crippen molar-refractivity contribution < 1.29 is 13.2 Å². The fraction of sp³-hybridized carbons (Fsp3) is 0.300. The molecule has 2 aromatic rings. The van der Waals surface area contributed by atoms with Crippen LogP contribution in [0.25, 0.3) is 11.1 Å². The van der Waals surface area contributed by atoms with Crippen LogP contribution in [0.15, 0.2) is 53.4 Å². The van der Waals surface area contributed by atoms with Gasteiger partial charge >= 0.3 is 0 Å². The lowest BCUT2D eigenvalue weighted by Crippen LogP contribution is -2.39. The summed E-state index contributed by atoms with van der Waals surface area (Å²) in [4.78, 5) is 14.8. The van der Waals surface area contributed by atoms with Gasteiger partial charge in [0.05, 0.1) is 16.9 Å². The SMILES string of the molecule is CS(=O)(=O)c1ccc(-c2cccc(C(=O)N3CCC[C@H](C#N)C3)c2)cc1. The standard InChI is InChI=1S/C20H20N2O3S/c1-26(24,25)19-9-7-16(8-10-19)17-5-2-6-18(12-17)20(23)22-11-3-4-15(13-21)14-22/h2,5-10,12,15H,3-4,11,14H2,1H3/t15-/m1/s1. The second kappa shape index (κ2) is 7.30. The number of nitrogens with zero attached hydrogens (tertiary/aromatic N) is 2. The second-order valence-electron chi connectivity index (χ2n) is 6.60. The minimum Gasteiger partial charge on any atom is -0.337 e. The molecule has 0 spiro atoms. The van der Waals surface area contributed by atoms with Crippen LogP contribution in [0.2, 0.25) is 0 Å². The Kier molecular flexibility index (Phi) is 5.10. The van der Waals surface area contributed by atoms with Crippen LogP contribution in [-0.4, -0.2) is 38.6 Å². The van der Waals surface area contributed by atoms with Crippen molar-refractivity contribution in [2.45, 2.75) is 17.7 Å². The third-order valence-electron chi connectivity index (χ3n) is 4.62. The predicted molar refractivity (Wildman–Crippen MR) is 99.2 cm³/mol. The topological polar surface area (TPSA) is 78.2 Å². The van der Waals surface area contributed by atoms with E-state index < -0.39 is 9.84 Å². The lowest BCUT2D eigenvalue weighted by molar-refractivity contribution is 0.0699. The van der Waals surface area contributed by atoms with Crippen molar-refractivity contribution in [2.75, 3.05) is 19.3 Å². The summed E-state index contributed by atoms with van der Waals surface area (Å²) in [7, 11) is -3.23. The highest BCUT2D eigenvalue weighted by molar-refractivity contribution is 7.90. The van der Waals surface area contributed by atoms with E-state index in [1.165, 1.54) is 6.26 Å². The molecule has 6 heteroatoms. The van der Waals surface area contributed by atoms with Gasteiger partial charge in [0.2, 0.25) is 0 Å². The average Bonchev–Trinajstić information content (AvgIpc) is 2.67. The molecule has 1 atom stereocenters. The molecule has 2 aromatic carbocycles. The predicted octanol–water partition coefficient (Wildman–Crippen LogP) is 3.13. The van der Waals surface area contributed by atoms with Crippen molar-refractivity contribution in [3.63, 3.8) is 0 Å². The van der Waals surface area contributed by atoms with E-state index in [1.807, 2.05) is 18.2 Å². The van der Waals surface area contributed by atoms with Gasteiger partial charge in [0.1, 0.15) is 0 Å². The second-order valence-corrected chi connectivity index (χ2v) is 8.61. The van der Waals surface area contributed by atoms with E-state index in [0.717, 1.165) is 24.0 Å². The fourth-order valence-corrected chi connectivity index (χ4v) is 3.81. The van der Waals surface area contributed by atoms with E-state index in [4.69, 9.17) is 5.26 Å². The van der Waals surface area contributed by atoms with Crippen molar-refractivity contribution in [3.05, 3.63) is 54.1 Å². The van der Waals surface area contributed by atoms with Gasteiger partial charge in [0.25, 0.3) is 5.91 Å². The van der Waals surface area contributed by atoms with E-state index in [1.54, 1.807) is 35.2 Å². The Morgan fingerprint density at radius 1 is 1.15 bits per heavy atom. The quantitative estimate of drug-likeness (QED) is 0.834. The number of rotatable bonds is 3. The maximum atomic E-state index is 12.8. The molecule has 26 heavy (non-hydrogen) atoms. The molecule has 0 radical (unpaired) electrons. The summed E-state index contributed by atoms with van der Waals surface area (Å²) in [5.41, 5.74) is 2.28. The monoisotopic (exact) mass is 368 g/mol. The zero-order chi connectivity index (χ0) is 18.7. The lowest BCUT2D eigenvalue weighted by atomic mass is 9.98. The molecule has 0 aromatic heterocycles. The lowest BCUT2D eigenvalue weighted by Gasteiger charge is -2.29. The first-order valence-electron chi connectivity index (χ1n) is 8.48. The zero-order valence-electron chi connectivity index (χ0n) is 14.6. The summed E-state index contributed by atoms with van der Waals surface area (Å²) < 4.78 is 23.2. The number of amides is 1. The summed E-state index contributed by atoms with van der Waals surface area (Å²) in [6, 6.07) is 16.2. The third kappa shape index (κ3) is 3.94. The highest BCUT2D eigenvalue weighted by Crippen LogP contribution is 2.24. The van der Waals surface area contributed by atoms with Crippen molar-refractivity contribution >= 4 is 15.7 Å². The van der Waals surface area contributed by atoms with E-state index in [9.17, 15) is 13.2 Å². The molecule has 0 saturated carbocycles. The van der Waals surface area contributed by atoms with E-state index in [2.05, 4.69) is 6.07 Å². The molecule has 3 rings (SSSR count). The molecule has 1 saturated heterocycles. The maximum Gasteiger partial charge on any atom is 0.253 e. The van der Waals surface area contributed by atoms with Gasteiger partial charge in [-0.2, -0.15) is 5.26 Å². The fourth-order valence-electron chi connectivity index (χ4n) is 3.18. The van der Waals surface area contributed by atoms with Gasteiger partial charge in [-0.25, -0.2) is 8.42 Å². The molecule has 1 heterocycles. The van der Waals surface area contributed by atoms with Gasteiger partial charge in [-0.1, -0.05) is 24.3 Å². The van der Waals surface area contributed by atoms with E-state index >= 15 is 0 Å². The van der Waals surface area contributed by atoms with Crippen molar-refractivity contribution in [2.24, 2.45) is 5.92 Å². The number of carbonyl (C=O) groups is 1. The molecule has 5 nitrogen and oxygen atoms in total. The Morgan fingerprint density at radius 3 is 2.54 bits per heavy atom. The summed E-state index contributed by atoms with van der Waals surface area (Å²) in [6.45, 7) is 1.15. The largest absolute Gasteiger partial charge is 0.337 e. The van der Waals surface area contributed by atoms with Crippen LogP contribution in [0.1, 0.15) is 23.2 Å². The van der Waals surface area contributed by atoms with Crippen molar-refractivity contribution in [1.29, 1.82) is 5.26 Å². The number of hydrogen-bond acceptors (Lipinski definition) is 4. The van der Waals surface area contributed by atoms with Crippen LogP contribution < -0.4 is 0 Å². The van der Waals surface area contributed by atoms with Gasteiger partial charge in [0, 0.05) is 24.9 Å². The Bertz CT molecular complexity index is 959. The number of benzene rings is 2. The summed E-state index contributed by atoms with van der Waals surface area (Å²) >= 11 is 0. The molecule has 0 bridgehead atoms. The molecular weight excluding hydrogens is 348 g/mol. The number of sulfone groups is 1. The highest BCUT2D eigenvalue weighted by atomic mass is 32.2. The average molecular weight is 368 g/mol. The number of nitriles is 1. The number of likely N-dealkylation sites (tertiary alicyclic amines) is 1. The van der Waals surface area contributed by atoms with E-state index in [0.29, 0.717) is 18.7 Å². The van der Waals surface area contributed by atoms with Crippen LogP contribution >= 0.6 is 0 Å². The minimum absolute atomic E-state index is 0.0699.